The molecule has 2 rings (SSSR count). The number of likely N-dealkylation sites (tertiary alicyclic amines) is 1. The highest BCUT2D eigenvalue weighted by molar-refractivity contribution is 5.89. The third-order valence-electron chi connectivity index (χ3n) is 3.94. The lowest BCUT2D eigenvalue weighted by atomic mass is 10.1. The van der Waals surface area contributed by atoms with E-state index in [1.54, 1.807) is 6.07 Å². The lowest BCUT2D eigenvalue weighted by Gasteiger charge is -2.26. The van der Waals surface area contributed by atoms with Crippen LogP contribution in [0.15, 0.2) is 18.2 Å². The molecule has 4 nitrogen and oxygen atoms in total. The van der Waals surface area contributed by atoms with Gasteiger partial charge in [0.25, 0.3) is 0 Å². The largest absolute Gasteiger partial charge is 0.478 e. The van der Waals surface area contributed by atoms with Crippen LogP contribution in [0.2, 0.25) is 0 Å². The predicted molar refractivity (Wildman–Crippen MR) is 75.3 cm³/mol. The zero-order valence-corrected chi connectivity index (χ0v) is 12.0. The number of nitrogens with zero attached hydrogens (tertiary/aromatic N) is 2. The van der Waals surface area contributed by atoms with E-state index < -0.39 is 11.8 Å². The summed E-state index contributed by atoms with van der Waals surface area (Å²) in [6.45, 7) is 2.54. The second-order valence-electron chi connectivity index (χ2n) is 5.58. The van der Waals surface area contributed by atoms with E-state index in [4.69, 9.17) is 5.11 Å². The van der Waals surface area contributed by atoms with Crippen molar-refractivity contribution < 1.29 is 14.3 Å². The molecule has 20 heavy (non-hydrogen) atoms. The number of halogens is 1. The topological polar surface area (TPSA) is 43.8 Å². The van der Waals surface area contributed by atoms with Crippen LogP contribution in [0, 0.1) is 5.82 Å². The molecular formula is C15H21FN2O2. The highest BCUT2D eigenvalue weighted by atomic mass is 19.1. The minimum absolute atomic E-state index is 0.0524. The molecule has 1 N–H and O–H groups in total. The van der Waals surface area contributed by atoms with Crippen LogP contribution in [-0.4, -0.2) is 54.1 Å². The first kappa shape index (κ1) is 14.9. The maximum atomic E-state index is 13.1. The molecule has 0 amide bonds. The summed E-state index contributed by atoms with van der Waals surface area (Å²) in [5, 5.41) is 9.14. The highest BCUT2D eigenvalue weighted by Gasteiger charge is 2.22. The van der Waals surface area contributed by atoms with E-state index in [1.165, 1.54) is 18.9 Å². The number of hydrogen-bond donors (Lipinski definition) is 1. The first-order valence-electron chi connectivity index (χ1n) is 6.88. The molecule has 1 unspecified atom stereocenters. The normalized spacial score (nSPS) is 19.7. The first-order chi connectivity index (χ1) is 9.47. The van der Waals surface area contributed by atoms with Gasteiger partial charge in [0.2, 0.25) is 0 Å². The molecule has 0 saturated carbocycles. The molecule has 1 atom stereocenters. The van der Waals surface area contributed by atoms with Crippen LogP contribution < -0.4 is 0 Å². The molecule has 0 aromatic heterocycles. The third kappa shape index (κ3) is 3.55. The summed E-state index contributed by atoms with van der Waals surface area (Å²) < 4.78 is 13.1. The Balaban J connectivity index is 2.03. The molecule has 1 aromatic rings. The van der Waals surface area contributed by atoms with E-state index in [-0.39, 0.29) is 5.56 Å². The Labute approximate surface area is 118 Å². The summed E-state index contributed by atoms with van der Waals surface area (Å²) in [6, 6.07) is 4.49. The Kier molecular flexibility index (Phi) is 4.73. The number of rotatable bonds is 5. The summed E-state index contributed by atoms with van der Waals surface area (Å²) in [5.74, 6) is -1.59. The van der Waals surface area contributed by atoms with Gasteiger partial charge in [-0.05, 0) is 51.2 Å². The van der Waals surface area contributed by atoms with Crippen molar-refractivity contribution in [3.63, 3.8) is 0 Å². The molecule has 0 radical (unpaired) electrons. The monoisotopic (exact) mass is 280 g/mol. The van der Waals surface area contributed by atoms with E-state index in [0.29, 0.717) is 18.2 Å². The van der Waals surface area contributed by atoms with E-state index in [0.717, 1.165) is 19.2 Å². The molecule has 1 aliphatic rings. The Morgan fingerprint density at radius 3 is 2.90 bits per heavy atom. The van der Waals surface area contributed by atoms with Crippen molar-refractivity contribution in [1.29, 1.82) is 0 Å². The van der Waals surface area contributed by atoms with Crippen molar-refractivity contribution in [3.8, 4) is 0 Å². The molecule has 1 heterocycles. The number of likely N-dealkylation sites (N-methyl/N-ethyl adjacent to an activating group) is 2. The summed E-state index contributed by atoms with van der Waals surface area (Å²) in [4.78, 5) is 15.6. The van der Waals surface area contributed by atoms with Gasteiger partial charge in [-0.25, -0.2) is 9.18 Å². The van der Waals surface area contributed by atoms with Crippen molar-refractivity contribution in [2.45, 2.75) is 25.4 Å². The van der Waals surface area contributed by atoms with Gasteiger partial charge in [0.05, 0.1) is 5.56 Å². The predicted octanol–water partition coefficient (Wildman–Crippen LogP) is 2.05. The van der Waals surface area contributed by atoms with Crippen molar-refractivity contribution >= 4 is 5.97 Å². The van der Waals surface area contributed by atoms with Gasteiger partial charge in [-0.15, -0.1) is 0 Å². The molecule has 1 saturated heterocycles. The molecule has 0 spiro atoms. The van der Waals surface area contributed by atoms with Crippen molar-refractivity contribution in [2.24, 2.45) is 0 Å². The SMILES string of the molecule is CN(Cc1ccc(F)cc1C(=O)O)CC1CCCN1C. The van der Waals surface area contributed by atoms with Gasteiger partial charge < -0.3 is 14.9 Å². The molecule has 0 aliphatic carbocycles. The minimum atomic E-state index is -1.08. The fourth-order valence-corrected chi connectivity index (χ4v) is 2.81. The van der Waals surface area contributed by atoms with E-state index in [1.807, 2.05) is 7.05 Å². The minimum Gasteiger partial charge on any atom is -0.478 e. The lowest BCUT2D eigenvalue weighted by molar-refractivity contribution is 0.0694. The molecular weight excluding hydrogens is 259 g/mol. The Bertz CT molecular complexity index is 493. The lowest BCUT2D eigenvalue weighted by Crippen LogP contribution is -2.36. The van der Waals surface area contributed by atoms with Gasteiger partial charge in [-0.3, -0.25) is 0 Å². The number of carbonyl (C=O) groups is 1. The fraction of sp³-hybridized carbons (Fsp3) is 0.533. The highest BCUT2D eigenvalue weighted by Crippen LogP contribution is 2.18. The number of benzene rings is 1. The Morgan fingerprint density at radius 2 is 2.30 bits per heavy atom. The van der Waals surface area contributed by atoms with Gasteiger partial charge in [-0.1, -0.05) is 6.07 Å². The maximum Gasteiger partial charge on any atom is 0.336 e. The smallest absolute Gasteiger partial charge is 0.336 e. The van der Waals surface area contributed by atoms with Gasteiger partial charge in [0.1, 0.15) is 5.82 Å². The first-order valence-corrected chi connectivity index (χ1v) is 6.88. The van der Waals surface area contributed by atoms with Crippen molar-refractivity contribution in [2.75, 3.05) is 27.2 Å². The number of carboxylic acid groups (broad SMARTS) is 1. The summed E-state index contributed by atoms with van der Waals surface area (Å²) >= 11 is 0. The fourth-order valence-electron chi connectivity index (χ4n) is 2.81. The van der Waals surface area contributed by atoms with Crippen LogP contribution >= 0.6 is 0 Å². The number of carboxylic acids is 1. The third-order valence-corrected chi connectivity index (χ3v) is 3.94. The van der Waals surface area contributed by atoms with Crippen LogP contribution in [-0.2, 0) is 6.54 Å². The van der Waals surface area contributed by atoms with Crippen LogP contribution in [0.25, 0.3) is 0 Å². The quantitative estimate of drug-likeness (QED) is 0.896. The molecule has 1 aromatic carbocycles. The van der Waals surface area contributed by atoms with Crippen LogP contribution in [0.1, 0.15) is 28.8 Å². The summed E-state index contributed by atoms with van der Waals surface area (Å²) in [7, 11) is 4.09. The van der Waals surface area contributed by atoms with E-state index in [2.05, 4.69) is 16.8 Å². The van der Waals surface area contributed by atoms with Crippen LogP contribution in [0.3, 0.4) is 0 Å². The Hall–Kier alpha value is -1.46. The molecule has 1 aliphatic heterocycles. The molecule has 5 heteroatoms. The van der Waals surface area contributed by atoms with Crippen LogP contribution in [0.5, 0.6) is 0 Å². The zero-order valence-electron chi connectivity index (χ0n) is 12.0. The number of hydrogen-bond acceptors (Lipinski definition) is 3. The summed E-state index contributed by atoms with van der Waals surface area (Å²) in [6.07, 6.45) is 2.39. The van der Waals surface area contributed by atoms with Gasteiger partial charge in [0, 0.05) is 19.1 Å². The second-order valence-corrected chi connectivity index (χ2v) is 5.58. The molecule has 0 bridgehead atoms. The average Bonchev–Trinajstić information content (AvgIpc) is 2.77. The molecule has 1 fully saturated rings. The van der Waals surface area contributed by atoms with Crippen molar-refractivity contribution in [3.05, 3.63) is 35.1 Å². The van der Waals surface area contributed by atoms with E-state index in [9.17, 15) is 9.18 Å². The standard InChI is InChI=1S/C15H21FN2O2/c1-17(10-13-4-3-7-18(13)2)9-11-5-6-12(16)8-14(11)15(19)20/h5-6,8,13H,3-4,7,9-10H2,1-2H3,(H,19,20). The zero-order chi connectivity index (χ0) is 14.7. The van der Waals surface area contributed by atoms with E-state index >= 15 is 0 Å². The van der Waals surface area contributed by atoms with Crippen LogP contribution in [0.4, 0.5) is 4.39 Å². The molecule has 110 valence electrons. The summed E-state index contributed by atoms with van der Waals surface area (Å²) in [5.41, 5.74) is 0.707. The number of aromatic carboxylic acids is 1. The van der Waals surface area contributed by atoms with Gasteiger partial charge in [0.15, 0.2) is 0 Å². The van der Waals surface area contributed by atoms with Gasteiger partial charge >= 0.3 is 5.97 Å². The van der Waals surface area contributed by atoms with Gasteiger partial charge in [-0.2, -0.15) is 0 Å². The Morgan fingerprint density at radius 1 is 1.55 bits per heavy atom. The second kappa shape index (κ2) is 6.33. The average molecular weight is 280 g/mol. The maximum absolute atomic E-state index is 13.1. The van der Waals surface area contributed by atoms with Crippen molar-refractivity contribution in [1.82, 2.24) is 9.80 Å².